The van der Waals surface area contributed by atoms with Gasteiger partial charge in [-0.25, -0.2) is 4.79 Å². The number of hydrogen-bond donors (Lipinski definition) is 1. The Labute approximate surface area is 165 Å². The third-order valence-corrected chi connectivity index (χ3v) is 4.75. The monoisotopic (exact) mass is 382 g/mol. The van der Waals surface area contributed by atoms with E-state index in [1.165, 1.54) is 0 Å². The minimum atomic E-state index is -0.511. The number of nitrogens with zero attached hydrogens (tertiary/aromatic N) is 3. The largest absolute Gasteiger partial charge is 0.479 e. The SMILES string of the molecule is CCCCN(Cc1ccncc1)C(=O)Nc1ccc2c(c1)N(C)C(=O)[C@H](C)O2. The number of unbranched alkanes of at least 4 members (excludes halogenated alkanes) is 1. The summed E-state index contributed by atoms with van der Waals surface area (Å²) in [5, 5.41) is 2.95. The Kier molecular flexibility index (Phi) is 6.13. The number of carbonyl (C=O) groups excluding carboxylic acids is 2. The van der Waals surface area contributed by atoms with Crippen LogP contribution >= 0.6 is 0 Å². The van der Waals surface area contributed by atoms with Gasteiger partial charge in [0, 0.05) is 38.2 Å². The van der Waals surface area contributed by atoms with Gasteiger partial charge in [0.25, 0.3) is 5.91 Å². The summed E-state index contributed by atoms with van der Waals surface area (Å²) in [5.41, 5.74) is 2.30. The van der Waals surface area contributed by atoms with E-state index < -0.39 is 6.10 Å². The fourth-order valence-electron chi connectivity index (χ4n) is 3.10. The van der Waals surface area contributed by atoms with E-state index in [4.69, 9.17) is 4.74 Å². The molecule has 0 aliphatic carbocycles. The van der Waals surface area contributed by atoms with E-state index in [0.29, 0.717) is 30.2 Å². The summed E-state index contributed by atoms with van der Waals surface area (Å²) in [7, 11) is 1.71. The van der Waals surface area contributed by atoms with Gasteiger partial charge in [-0.05, 0) is 49.2 Å². The molecule has 0 radical (unpaired) electrons. The zero-order valence-corrected chi connectivity index (χ0v) is 16.5. The normalized spacial score (nSPS) is 15.6. The van der Waals surface area contributed by atoms with Crippen LogP contribution in [0.3, 0.4) is 0 Å². The van der Waals surface area contributed by atoms with Crippen LogP contribution in [0.25, 0.3) is 0 Å². The average molecular weight is 382 g/mol. The summed E-state index contributed by atoms with van der Waals surface area (Å²) in [6.07, 6.45) is 4.86. The van der Waals surface area contributed by atoms with E-state index in [9.17, 15) is 9.59 Å². The number of carbonyl (C=O) groups is 2. The van der Waals surface area contributed by atoms with Crippen molar-refractivity contribution in [2.75, 3.05) is 23.8 Å². The molecular weight excluding hydrogens is 356 g/mol. The van der Waals surface area contributed by atoms with Crippen molar-refractivity contribution in [3.05, 3.63) is 48.3 Å². The number of ether oxygens (including phenoxy) is 1. The number of pyridine rings is 1. The number of benzene rings is 1. The number of fused-ring (bicyclic) bond motifs is 1. The molecular formula is C21H26N4O3. The van der Waals surface area contributed by atoms with E-state index in [0.717, 1.165) is 18.4 Å². The second kappa shape index (κ2) is 8.73. The molecule has 1 aliphatic heterocycles. The number of nitrogens with one attached hydrogen (secondary N) is 1. The topological polar surface area (TPSA) is 74.8 Å². The number of amides is 3. The minimum Gasteiger partial charge on any atom is -0.479 e. The predicted octanol–water partition coefficient (Wildman–Crippen LogP) is 3.66. The van der Waals surface area contributed by atoms with Crippen molar-refractivity contribution in [1.29, 1.82) is 0 Å². The van der Waals surface area contributed by atoms with Gasteiger partial charge in [-0.15, -0.1) is 0 Å². The molecule has 0 fully saturated rings. The van der Waals surface area contributed by atoms with Gasteiger partial charge in [-0.3, -0.25) is 9.78 Å². The molecule has 0 saturated heterocycles. The second-order valence-electron chi connectivity index (χ2n) is 6.90. The summed E-state index contributed by atoms with van der Waals surface area (Å²) in [6, 6.07) is 8.97. The predicted molar refractivity (Wildman–Crippen MR) is 109 cm³/mol. The highest BCUT2D eigenvalue weighted by Crippen LogP contribution is 2.35. The lowest BCUT2D eigenvalue weighted by molar-refractivity contribution is -0.125. The fraction of sp³-hybridized carbons (Fsp3) is 0.381. The van der Waals surface area contributed by atoms with Crippen LogP contribution < -0.4 is 15.0 Å². The van der Waals surface area contributed by atoms with Gasteiger partial charge in [0.1, 0.15) is 5.75 Å². The molecule has 1 aromatic carbocycles. The number of hydrogen-bond acceptors (Lipinski definition) is 4. The first-order chi connectivity index (χ1) is 13.5. The van der Waals surface area contributed by atoms with Crippen molar-refractivity contribution in [1.82, 2.24) is 9.88 Å². The molecule has 1 aromatic heterocycles. The molecule has 0 saturated carbocycles. The first kappa shape index (κ1) is 19.7. The van der Waals surface area contributed by atoms with Gasteiger partial charge in [-0.2, -0.15) is 0 Å². The molecule has 3 rings (SSSR count). The molecule has 1 aliphatic rings. The Morgan fingerprint density at radius 3 is 2.75 bits per heavy atom. The quantitative estimate of drug-likeness (QED) is 0.827. The molecule has 1 N–H and O–H groups in total. The third-order valence-electron chi connectivity index (χ3n) is 4.75. The summed E-state index contributed by atoms with van der Waals surface area (Å²) in [6.45, 7) is 4.99. The van der Waals surface area contributed by atoms with Crippen LogP contribution in [0.15, 0.2) is 42.7 Å². The van der Waals surface area contributed by atoms with Gasteiger partial charge >= 0.3 is 6.03 Å². The molecule has 1 atom stereocenters. The third kappa shape index (κ3) is 4.42. The average Bonchev–Trinajstić information content (AvgIpc) is 2.70. The van der Waals surface area contributed by atoms with Crippen molar-refractivity contribution in [2.24, 2.45) is 0 Å². The highest BCUT2D eigenvalue weighted by atomic mass is 16.5. The highest BCUT2D eigenvalue weighted by Gasteiger charge is 2.29. The highest BCUT2D eigenvalue weighted by molar-refractivity contribution is 6.00. The molecule has 28 heavy (non-hydrogen) atoms. The van der Waals surface area contributed by atoms with Gasteiger partial charge in [0.05, 0.1) is 5.69 Å². The van der Waals surface area contributed by atoms with Crippen LogP contribution in [0, 0.1) is 0 Å². The maximum atomic E-state index is 12.9. The standard InChI is InChI=1S/C21H26N4O3/c1-4-5-12-25(14-16-8-10-22-11-9-16)21(27)23-17-6-7-19-18(13-17)24(3)20(26)15(2)28-19/h6-11,13,15H,4-5,12,14H2,1-3H3,(H,23,27)/t15-/m0/s1. The Balaban J connectivity index is 1.75. The van der Waals surface area contributed by atoms with E-state index in [1.807, 2.05) is 12.1 Å². The van der Waals surface area contributed by atoms with Crippen molar-refractivity contribution < 1.29 is 14.3 Å². The molecule has 3 amide bonds. The van der Waals surface area contributed by atoms with Crippen molar-refractivity contribution in [2.45, 2.75) is 39.3 Å². The van der Waals surface area contributed by atoms with Crippen LogP contribution in [0.4, 0.5) is 16.2 Å². The van der Waals surface area contributed by atoms with Gasteiger partial charge in [-0.1, -0.05) is 13.3 Å². The fourth-order valence-corrected chi connectivity index (χ4v) is 3.10. The van der Waals surface area contributed by atoms with Crippen molar-refractivity contribution in [3.8, 4) is 5.75 Å². The number of anilines is 2. The molecule has 148 valence electrons. The molecule has 2 heterocycles. The zero-order chi connectivity index (χ0) is 20.1. The van der Waals surface area contributed by atoms with Crippen LogP contribution in [0.5, 0.6) is 5.75 Å². The maximum absolute atomic E-state index is 12.9. The minimum absolute atomic E-state index is 0.113. The van der Waals surface area contributed by atoms with Crippen molar-refractivity contribution in [3.63, 3.8) is 0 Å². The van der Waals surface area contributed by atoms with E-state index in [2.05, 4.69) is 17.2 Å². The lowest BCUT2D eigenvalue weighted by atomic mass is 10.2. The molecule has 2 aromatic rings. The van der Waals surface area contributed by atoms with Gasteiger partial charge in [0.15, 0.2) is 6.10 Å². The van der Waals surface area contributed by atoms with Gasteiger partial charge < -0.3 is 19.9 Å². The smallest absolute Gasteiger partial charge is 0.322 e. The lowest BCUT2D eigenvalue weighted by Gasteiger charge is -2.30. The van der Waals surface area contributed by atoms with E-state index >= 15 is 0 Å². The van der Waals surface area contributed by atoms with Crippen LogP contribution in [0.2, 0.25) is 0 Å². The zero-order valence-electron chi connectivity index (χ0n) is 16.5. The Morgan fingerprint density at radius 1 is 1.29 bits per heavy atom. The molecule has 7 heteroatoms. The Morgan fingerprint density at radius 2 is 2.04 bits per heavy atom. The van der Waals surface area contributed by atoms with Crippen LogP contribution in [0.1, 0.15) is 32.3 Å². The van der Waals surface area contributed by atoms with Crippen LogP contribution in [-0.4, -0.2) is 41.5 Å². The number of rotatable bonds is 6. The Hall–Kier alpha value is -3.09. The molecule has 0 bridgehead atoms. The van der Waals surface area contributed by atoms with Crippen LogP contribution in [-0.2, 0) is 11.3 Å². The van der Waals surface area contributed by atoms with Crippen molar-refractivity contribution >= 4 is 23.3 Å². The first-order valence-electron chi connectivity index (χ1n) is 9.52. The number of urea groups is 1. The first-order valence-corrected chi connectivity index (χ1v) is 9.52. The summed E-state index contributed by atoms with van der Waals surface area (Å²) >= 11 is 0. The number of likely N-dealkylation sites (N-methyl/N-ethyl adjacent to an activating group) is 1. The molecule has 0 unspecified atom stereocenters. The molecule has 0 spiro atoms. The number of aromatic nitrogens is 1. The van der Waals surface area contributed by atoms with E-state index in [1.54, 1.807) is 54.4 Å². The summed E-state index contributed by atoms with van der Waals surface area (Å²) < 4.78 is 5.63. The summed E-state index contributed by atoms with van der Waals surface area (Å²) in [4.78, 5) is 32.4. The lowest BCUT2D eigenvalue weighted by Crippen LogP contribution is -2.42. The van der Waals surface area contributed by atoms with E-state index in [-0.39, 0.29) is 11.9 Å². The maximum Gasteiger partial charge on any atom is 0.322 e. The Bertz CT molecular complexity index is 841. The molecule has 7 nitrogen and oxygen atoms in total. The second-order valence-corrected chi connectivity index (χ2v) is 6.90. The summed E-state index contributed by atoms with van der Waals surface area (Å²) in [5.74, 6) is 0.519. The van der Waals surface area contributed by atoms with Gasteiger partial charge in [0.2, 0.25) is 0 Å².